The molecule has 0 spiro atoms. The Morgan fingerprint density at radius 2 is 2.00 bits per heavy atom. The van der Waals surface area contributed by atoms with E-state index in [0.29, 0.717) is 17.8 Å². The summed E-state index contributed by atoms with van der Waals surface area (Å²) in [7, 11) is 5.35. The average molecular weight is 288 g/mol. The van der Waals surface area contributed by atoms with Crippen LogP contribution in [0.1, 0.15) is 21.8 Å². The third-order valence-electron chi connectivity index (χ3n) is 3.15. The second-order valence-corrected chi connectivity index (χ2v) is 5.26. The first-order chi connectivity index (χ1) is 9.88. The van der Waals surface area contributed by atoms with Crippen LogP contribution in [0.25, 0.3) is 0 Å². The molecule has 0 fully saturated rings. The zero-order valence-corrected chi connectivity index (χ0v) is 12.8. The van der Waals surface area contributed by atoms with Crippen molar-refractivity contribution in [2.24, 2.45) is 0 Å². The van der Waals surface area contributed by atoms with Gasteiger partial charge in [-0.25, -0.2) is 0 Å². The first kappa shape index (κ1) is 14.9. The Kier molecular flexibility index (Phi) is 4.16. The topological polar surface area (TPSA) is 75.6 Å². The van der Waals surface area contributed by atoms with Gasteiger partial charge in [-0.2, -0.15) is 0 Å². The van der Waals surface area contributed by atoms with E-state index in [-0.39, 0.29) is 5.91 Å². The number of hydrogen-bond acceptors (Lipinski definition) is 5. The van der Waals surface area contributed by atoms with Crippen LogP contribution >= 0.6 is 0 Å². The number of nitrogen functional groups attached to an aromatic ring is 1. The number of aromatic nitrogens is 1. The van der Waals surface area contributed by atoms with Crippen LogP contribution in [0.5, 0.6) is 0 Å². The summed E-state index contributed by atoms with van der Waals surface area (Å²) in [6.45, 7) is 2.38. The number of carbonyl (C=O) groups is 1. The maximum atomic E-state index is 12.3. The lowest BCUT2D eigenvalue weighted by Gasteiger charge is -2.23. The van der Waals surface area contributed by atoms with Gasteiger partial charge in [0, 0.05) is 32.9 Å². The highest BCUT2D eigenvalue weighted by atomic mass is 16.5. The zero-order valence-electron chi connectivity index (χ0n) is 12.8. The van der Waals surface area contributed by atoms with Crippen LogP contribution in [0.3, 0.4) is 0 Å². The van der Waals surface area contributed by atoms with Crippen molar-refractivity contribution in [3.8, 4) is 0 Å². The van der Waals surface area contributed by atoms with Crippen LogP contribution in [0.15, 0.2) is 28.8 Å². The summed E-state index contributed by atoms with van der Waals surface area (Å²) < 4.78 is 5.06. The molecule has 0 atom stereocenters. The molecule has 1 amide bonds. The highest BCUT2D eigenvalue weighted by Gasteiger charge is 2.17. The molecule has 0 saturated heterocycles. The van der Waals surface area contributed by atoms with Gasteiger partial charge in [-0.05, 0) is 25.1 Å². The highest BCUT2D eigenvalue weighted by molar-refractivity contribution is 6.00. The summed E-state index contributed by atoms with van der Waals surface area (Å²) in [4.78, 5) is 15.7. The number of anilines is 2. The summed E-state index contributed by atoms with van der Waals surface area (Å²) >= 11 is 0. The van der Waals surface area contributed by atoms with E-state index in [1.807, 2.05) is 24.9 Å². The Morgan fingerprint density at radius 3 is 2.57 bits per heavy atom. The smallest absolute Gasteiger partial charge is 0.255 e. The van der Waals surface area contributed by atoms with Crippen molar-refractivity contribution < 1.29 is 9.32 Å². The molecule has 0 radical (unpaired) electrons. The van der Waals surface area contributed by atoms with E-state index in [1.165, 1.54) is 0 Å². The van der Waals surface area contributed by atoms with Crippen molar-refractivity contribution in [3.63, 3.8) is 0 Å². The first-order valence-electron chi connectivity index (χ1n) is 6.63. The third-order valence-corrected chi connectivity index (χ3v) is 3.15. The van der Waals surface area contributed by atoms with Crippen LogP contribution in [-0.4, -0.2) is 37.1 Å². The van der Waals surface area contributed by atoms with Crippen molar-refractivity contribution >= 4 is 17.3 Å². The van der Waals surface area contributed by atoms with Crippen molar-refractivity contribution in [3.05, 3.63) is 41.3 Å². The number of aryl methyl sites for hydroxylation is 1. The van der Waals surface area contributed by atoms with Gasteiger partial charge in [0.15, 0.2) is 0 Å². The molecule has 6 heteroatoms. The number of amides is 1. The van der Waals surface area contributed by atoms with Crippen molar-refractivity contribution in [1.82, 2.24) is 10.1 Å². The SMILES string of the molecule is Cc1cc(CN(C)c2cc(N)ccc2C(=O)N(C)C)no1. The molecule has 6 nitrogen and oxygen atoms in total. The Balaban J connectivity index is 2.32. The number of hydrogen-bond donors (Lipinski definition) is 1. The van der Waals surface area contributed by atoms with E-state index in [0.717, 1.165) is 17.1 Å². The summed E-state index contributed by atoms with van der Waals surface area (Å²) in [6, 6.07) is 7.14. The van der Waals surface area contributed by atoms with Gasteiger partial charge in [0.25, 0.3) is 5.91 Å². The quantitative estimate of drug-likeness (QED) is 0.870. The van der Waals surface area contributed by atoms with E-state index in [9.17, 15) is 4.79 Å². The minimum atomic E-state index is -0.0619. The second kappa shape index (κ2) is 5.87. The molecular formula is C15H20N4O2. The predicted octanol–water partition coefficient (Wildman–Crippen LogP) is 1.90. The first-order valence-corrected chi connectivity index (χ1v) is 6.63. The summed E-state index contributed by atoms with van der Waals surface area (Å²) in [5.41, 5.74) is 8.65. The van der Waals surface area contributed by atoms with Gasteiger partial charge in [-0.1, -0.05) is 5.16 Å². The normalized spacial score (nSPS) is 10.5. The third kappa shape index (κ3) is 3.34. The molecule has 2 N–H and O–H groups in total. The van der Waals surface area contributed by atoms with Gasteiger partial charge >= 0.3 is 0 Å². The van der Waals surface area contributed by atoms with Gasteiger partial charge in [-0.3, -0.25) is 4.79 Å². The lowest BCUT2D eigenvalue weighted by atomic mass is 10.1. The molecule has 21 heavy (non-hydrogen) atoms. The number of rotatable bonds is 4. The number of benzene rings is 1. The molecule has 0 aliphatic heterocycles. The lowest BCUT2D eigenvalue weighted by molar-refractivity contribution is 0.0828. The summed E-state index contributed by atoms with van der Waals surface area (Å²) in [5.74, 6) is 0.698. The predicted molar refractivity (Wildman–Crippen MR) is 82.2 cm³/mol. The minimum absolute atomic E-state index is 0.0619. The fourth-order valence-corrected chi connectivity index (χ4v) is 2.11. The Hall–Kier alpha value is -2.50. The van der Waals surface area contributed by atoms with Crippen LogP contribution in [-0.2, 0) is 6.54 Å². The highest BCUT2D eigenvalue weighted by Crippen LogP contribution is 2.25. The average Bonchev–Trinajstić information content (AvgIpc) is 2.83. The van der Waals surface area contributed by atoms with Gasteiger partial charge in [0.1, 0.15) is 11.5 Å². The number of nitrogens with zero attached hydrogens (tertiary/aromatic N) is 3. The second-order valence-electron chi connectivity index (χ2n) is 5.26. The zero-order chi connectivity index (χ0) is 15.6. The van der Waals surface area contributed by atoms with Gasteiger partial charge < -0.3 is 20.1 Å². The van der Waals surface area contributed by atoms with Crippen molar-refractivity contribution in [2.75, 3.05) is 31.8 Å². The van der Waals surface area contributed by atoms with Crippen molar-refractivity contribution in [2.45, 2.75) is 13.5 Å². The maximum absolute atomic E-state index is 12.3. The lowest BCUT2D eigenvalue weighted by Crippen LogP contribution is -2.26. The number of carbonyl (C=O) groups excluding carboxylic acids is 1. The van der Waals surface area contributed by atoms with E-state index in [1.54, 1.807) is 37.2 Å². The standard InChI is InChI=1S/C15H20N4O2/c1-10-7-12(17-21-10)9-19(4)14-8-11(16)5-6-13(14)15(20)18(2)3/h5-8H,9,16H2,1-4H3. The number of nitrogens with two attached hydrogens (primary N) is 1. The van der Waals surface area contributed by atoms with Crippen LogP contribution in [0.2, 0.25) is 0 Å². The fraction of sp³-hybridized carbons (Fsp3) is 0.333. The fourth-order valence-electron chi connectivity index (χ4n) is 2.11. The van der Waals surface area contributed by atoms with E-state index in [2.05, 4.69) is 5.16 Å². The van der Waals surface area contributed by atoms with E-state index >= 15 is 0 Å². The van der Waals surface area contributed by atoms with E-state index in [4.69, 9.17) is 10.3 Å². The van der Waals surface area contributed by atoms with Gasteiger partial charge in [-0.15, -0.1) is 0 Å². The molecule has 1 heterocycles. The minimum Gasteiger partial charge on any atom is -0.399 e. The Morgan fingerprint density at radius 1 is 1.29 bits per heavy atom. The van der Waals surface area contributed by atoms with Crippen LogP contribution in [0.4, 0.5) is 11.4 Å². The molecule has 1 aromatic heterocycles. The van der Waals surface area contributed by atoms with Gasteiger partial charge in [0.2, 0.25) is 0 Å². The van der Waals surface area contributed by atoms with E-state index < -0.39 is 0 Å². The molecular weight excluding hydrogens is 268 g/mol. The summed E-state index contributed by atoms with van der Waals surface area (Å²) in [6.07, 6.45) is 0. The molecule has 2 rings (SSSR count). The monoisotopic (exact) mass is 288 g/mol. The summed E-state index contributed by atoms with van der Waals surface area (Å²) in [5, 5.41) is 3.97. The largest absolute Gasteiger partial charge is 0.399 e. The van der Waals surface area contributed by atoms with Crippen molar-refractivity contribution in [1.29, 1.82) is 0 Å². The van der Waals surface area contributed by atoms with Gasteiger partial charge in [0.05, 0.1) is 17.8 Å². The molecule has 0 saturated carbocycles. The van der Waals surface area contributed by atoms with Crippen LogP contribution < -0.4 is 10.6 Å². The molecule has 112 valence electrons. The Bertz CT molecular complexity index is 649. The Labute approximate surface area is 124 Å². The molecule has 0 aliphatic carbocycles. The molecule has 0 aliphatic rings. The molecule has 0 unspecified atom stereocenters. The molecule has 2 aromatic rings. The molecule has 0 bridgehead atoms. The maximum Gasteiger partial charge on any atom is 0.255 e. The molecule has 1 aromatic carbocycles. The van der Waals surface area contributed by atoms with Crippen LogP contribution in [0, 0.1) is 6.92 Å².